The minimum atomic E-state index is -0.652. The molecule has 0 aliphatic carbocycles. The van der Waals surface area contributed by atoms with E-state index in [0.717, 1.165) is 0 Å². The number of allylic oxidation sites excluding steroid dienone is 1. The largest absolute Gasteiger partial charge is 0.433 e. The van der Waals surface area contributed by atoms with Crippen LogP contribution in [0.2, 0.25) is 0 Å². The average Bonchev–Trinajstić information content (AvgIpc) is 2.94. The van der Waals surface area contributed by atoms with E-state index in [0.29, 0.717) is 5.82 Å². The van der Waals surface area contributed by atoms with Gasteiger partial charge in [-0.2, -0.15) is 10.4 Å². The lowest BCUT2D eigenvalue weighted by atomic mass is 10.2. The number of nitrogens with one attached hydrogen (secondary N) is 1. The first kappa shape index (κ1) is 11.5. The summed E-state index contributed by atoms with van der Waals surface area (Å²) in [5, 5.41) is 25.8. The molecule has 0 unspecified atom stereocenters. The molecule has 0 aromatic carbocycles. The Balaban J connectivity index is 2.35. The first-order valence-corrected chi connectivity index (χ1v) is 4.85. The van der Waals surface area contributed by atoms with Gasteiger partial charge < -0.3 is 4.42 Å². The standard InChI is InChI=1S/C10H7N5O3/c1-6-12-10(14-13-6)7(5-11)4-8-2-3-9(18-8)15(16)17/h2-4H,1H3,(H,12,13,14). The van der Waals surface area contributed by atoms with Gasteiger partial charge in [-0.15, -0.1) is 0 Å². The van der Waals surface area contributed by atoms with E-state index < -0.39 is 4.92 Å². The fourth-order valence-corrected chi connectivity index (χ4v) is 1.27. The Morgan fingerprint density at radius 2 is 2.44 bits per heavy atom. The Morgan fingerprint density at radius 3 is 2.94 bits per heavy atom. The summed E-state index contributed by atoms with van der Waals surface area (Å²) in [5.74, 6) is 0.594. The van der Waals surface area contributed by atoms with Crippen molar-refractivity contribution in [1.82, 2.24) is 15.2 Å². The molecule has 0 saturated carbocycles. The van der Waals surface area contributed by atoms with Crippen LogP contribution in [0.5, 0.6) is 0 Å². The van der Waals surface area contributed by atoms with Gasteiger partial charge in [-0.1, -0.05) is 0 Å². The summed E-state index contributed by atoms with van der Waals surface area (Å²) < 4.78 is 4.91. The Labute approximate surface area is 101 Å². The van der Waals surface area contributed by atoms with Crippen LogP contribution in [0.25, 0.3) is 11.6 Å². The number of aromatic nitrogens is 3. The zero-order valence-electron chi connectivity index (χ0n) is 9.25. The molecular formula is C10H7N5O3. The smallest absolute Gasteiger partial charge is 0.401 e. The molecule has 0 spiro atoms. The van der Waals surface area contributed by atoms with E-state index in [1.165, 1.54) is 18.2 Å². The van der Waals surface area contributed by atoms with Crippen molar-refractivity contribution in [2.24, 2.45) is 0 Å². The first-order valence-electron chi connectivity index (χ1n) is 4.85. The van der Waals surface area contributed by atoms with Crippen molar-refractivity contribution in [3.05, 3.63) is 39.7 Å². The molecule has 2 rings (SSSR count). The van der Waals surface area contributed by atoms with Crippen molar-refractivity contribution in [2.75, 3.05) is 0 Å². The molecule has 8 nitrogen and oxygen atoms in total. The molecule has 0 radical (unpaired) electrons. The highest BCUT2D eigenvalue weighted by molar-refractivity contribution is 5.85. The third-order valence-electron chi connectivity index (χ3n) is 2.04. The van der Waals surface area contributed by atoms with E-state index in [1.807, 2.05) is 6.07 Å². The molecule has 1 N–H and O–H groups in total. The molecule has 18 heavy (non-hydrogen) atoms. The molecule has 90 valence electrons. The van der Waals surface area contributed by atoms with Crippen LogP contribution in [-0.2, 0) is 0 Å². The van der Waals surface area contributed by atoms with E-state index >= 15 is 0 Å². The van der Waals surface area contributed by atoms with E-state index in [9.17, 15) is 10.1 Å². The predicted octanol–water partition coefficient (Wildman–Crippen LogP) is 1.68. The number of furan rings is 1. The molecule has 2 heterocycles. The van der Waals surface area contributed by atoms with Crippen LogP contribution in [0.4, 0.5) is 5.88 Å². The monoisotopic (exact) mass is 245 g/mol. The Bertz CT molecular complexity index is 661. The molecule has 0 aliphatic heterocycles. The van der Waals surface area contributed by atoms with Crippen LogP contribution in [0, 0.1) is 28.4 Å². The fourth-order valence-electron chi connectivity index (χ4n) is 1.27. The number of H-pyrrole nitrogens is 1. The molecule has 0 fully saturated rings. The van der Waals surface area contributed by atoms with Gasteiger partial charge in [0.15, 0.2) is 5.82 Å². The number of nitrogens with zero attached hydrogens (tertiary/aromatic N) is 4. The van der Waals surface area contributed by atoms with Crippen LogP contribution in [-0.4, -0.2) is 20.1 Å². The van der Waals surface area contributed by atoms with Gasteiger partial charge in [0.05, 0.1) is 6.07 Å². The van der Waals surface area contributed by atoms with E-state index in [-0.39, 0.29) is 23.0 Å². The fraction of sp³-hybridized carbons (Fsp3) is 0.100. The quantitative estimate of drug-likeness (QED) is 0.498. The van der Waals surface area contributed by atoms with Crippen molar-refractivity contribution < 1.29 is 9.34 Å². The first-order chi connectivity index (χ1) is 8.60. The Kier molecular flexibility index (Phi) is 2.89. The summed E-state index contributed by atoms with van der Waals surface area (Å²) in [6, 6.07) is 4.52. The maximum absolute atomic E-state index is 10.4. The van der Waals surface area contributed by atoms with Crippen molar-refractivity contribution in [2.45, 2.75) is 6.92 Å². The van der Waals surface area contributed by atoms with E-state index in [4.69, 9.17) is 9.68 Å². The number of hydrogen-bond acceptors (Lipinski definition) is 6. The molecule has 2 aromatic heterocycles. The summed E-state index contributed by atoms with van der Waals surface area (Å²) in [6.07, 6.45) is 1.34. The van der Waals surface area contributed by atoms with Crippen molar-refractivity contribution in [1.29, 1.82) is 5.26 Å². The lowest BCUT2D eigenvalue weighted by Crippen LogP contribution is -1.85. The number of rotatable bonds is 3. The van der Waals surface area contributed by atoms with Gasteiger partial charge in [0.25, 0.3) is 0 Å². The van der Waals surface area contributed by atoms with Crippen LogP contribution >= 0.6 is 0 Å². The minimum Gasteiger partial charge on any atom is -0.401 e. The number of nitro groups is 1. The summed E-state index contributed by atoms with van der Waals surface area (Å²) in [7, 11) is 0. The second-order valence-electron chi connectivity index (χ2n) is 3.35. The van der Waals surface area contributed by atoms with Gasteiger partial charge in [-0.25, -0.2) is 4.98 Å². The van der Waals surface area contributed by atoms with Gasteiger partial charge in [0.1, 0.15) is 28.2 Å². The lowest BCUT2D eigenvalue weighted by Gasteiger charge is -1.89. The molecule has 0 saturated heterocycles. The second-order valence-corrected chi connectivity index (χ2v) is 3.35. The van der Waals surface area contributed by atoms with Gasteiger partial charge >= 0.3 is 5.88 Å². The van der Waals surface area contributed by atoms with Crippen LogP contribution in [0.3, 0.4) is 0 Å². The zero-order chi connectivity index (χ0) is 13.1. The maximum atomic E-state index is 10.4. The van der Waals surface area contributed by atoms with Gasteiger partial charge in [-0.05, 0) is 13.0 Å². The molecule has 0 bridgehead atoms. The second kappa shape index (κ2) is 4.50. The summed E-state index contributed by atoms with van der Waals surface area (Å²) in [4.78, 5) is 13.8. The Hall–Kier alpha value is -2.95. The maximum Gasteiger partial charge on any atom is 0.433 e. The molecule has 8 heteroatoms. The van der Waals surface area contributed by atoms with E-state index in [1.54, 1.807) is 6.92 Å². The summed E-state index contributed by atoms with van der Waals surface area (Å²) >= 11 is 0. The molecular weight excluding hydrogens is 238 g/mol. The third kappa shape index (κ3) is 2.25. The molecule has 0 amide bonds. The third-order valence-corrected chi connectivity index (χ3v) is 2.04. The number of nitriles is 1. The van der Waals surface area contributed by atoms with Crippen LogP contribution in [0.1, 0.15) is 17.4 Å². The number of hydrogen-bond donors (Lipinski definition) is 1. The highest BCUT2D eigenvalue weighted by Crippen LogP contribution is 2.20. The number of aryl methyl sites for hydroxylation is 1. The zero-order valence-corrected chi connectivity index (χ0v) is 9.25. The van der Waals surface area contributed by atoms with Crippen molar-refractivity contribution >= 4 is 17.5 Å². The summed E-state index contributed by atoms with van der Waals surface area (Å²) in [5.41, 5.74) is 0.156. The van der Waals surface area contributed by atoms with Gasteiger partial charge in [0.2, 0.25) is 0 Å². The minimum absolute atomic E-state index is 0.156. The number of aromatic amines is 1. The average molecular weight is 245 g/mol. The normalized spacial score (nSPS) is 11.2. The molecule has 0 atom stereocenters. The van der Waals surface area contributed by atoms with Crippen LogP contribution < -0.4 is 0 Å². The van der Waals surface area contributed by atoms with E-state index in [2.05, 4.69) is 15.2 Å². The van der Waals surface area contributed by atoms with Crippen molar-refractivity contribution in [3.63, 3.8) is 0 Å². The highest BCUT2D eigenvalue weighted by atomic mass is 16.6. The SMILES string of the molecule is Cc1nc(C(C#N)=Cc2ccc([N+](=O)[O-])o2)n[nH]1. The lowest BCUT2D eigenvalue weighted by molar-refractivity contribution is -0.402. The predicted molar refractivity (Wildman–Crippen MR) is 60.0 cm³/mol. The highest BCUT2D eigenvalue weighted by Gasteiger charge is 2.13. The summed E-state index contributed by atoms with van der Waals surface area (Å²) in [6.45, 7) is 1.70. The van der Waals surface area contributed by atoms with Gasteiger partial charge in [0, 0.05) is 6.08 Å². The topological polar surface area (TPSA) is 122 Å². The van der Waals surface area contributed by atoms with Crippen molar-refractivity contribution in [3.8, 4) is 6.07 Å². The van der Waals surface area contributed by atoms with Gasteiger partial charge in [-0.3, -0.25) is 15.2 Å². The Morgan fingerprint density at radius 1 is 1.67 bits per heavy atom. The molecule has 2 aromatic rings. The molecule has 0 aliphatic rings. The van der Waals surface area contributed by atoms with Crippen LogP contribution in [0.15, 0.2) is 16.5 Å².